The molecule has 0 bridgehead atoms. The first kappa shape index (κ1) is 11.8. The first-order valence-electron chi connectivity index (χ1n) is 5.07. The van der Waals surface area contributed by atoms with Crippen LogP contribution in [0.15, 0.2) is 18.3 Å². The van der Waals surface area contributed by atoms with Crippen LogP contribution >= 0.6 is 11.6 Å². The van der Waals surface area contributed by atoms with E-state index in [-0.39, 0.29) is 24.9 Å². The number of hydrogen-bond donors (Lipinski definition) is 3. The highest BCUT2D eigenvalue weighted by Gasteiger charge is 2.23. The van der Waals surface area contributed by atoms with E-state index in [9.17, 15) is 9.59 Å². The number of nitrogens with one attached hydrogen (secondary N) is 3. The van der Waals surface area contributed by atoms with Gasteiger partial charge in [0, 0.05) is 12.7 Å². The largest absolute Gasteiger partial charge is 0.353 e. The highest BCUT2D eigenvalue weighted by Crippen LogP contribution is 2.09. The molecule has 1 unspecified atom stereocenters. The third kappa shape index (κ3) is 3.15. The van der Waals surface area contributed by atoms with Gasteiger partial charge in [-0.1, -0.05) is 11.6 Å². The second-order valence-corrected chi connectivity index (χ2v) is 4.02. The van der Waals surface area contributed by atoms with Crippen molar-refractivity contribution in [3.05, 3.63) is 23.4 Å². The van der Waals surface area contributed by atoms with Crippen LogP contribution in [0.2, 0.25) is 5.02 Å². The fourth-order valence-corrected chi connectivity index (χ4v) is 1.53. The van der Waals surface area contributed by atoms with Gasteiger partial charge in [-0.25, -0.2) is 4.98 Å². The Balaban J connectivity index is 1.92. The summed E-state index contributed by atoms with van der Waals surface area (Å²) in [4.78, 5) is 26.6. The molecule has 0 aromatic carbocycles. The summed E-state index contributed by atoms with van der Waals surface area (Å²) in [5, 5.41) is 8.56. The van der Waals surface area contributed by atoms with Gasteiger partial charge in [-0.05, 0) is 12.1 Å². The summed E-state index contributed by atoms with van der Waals surface area (Å²) < 4.78 is 0. The normalized spacial score (nSPS) is 19.6. The third-order valence-electron chi connectivity index (χ3n) is 2.31. The van der Waals surface area contributed by atoms with E-state index in [1.807, 2.05) is 0 Å². The van der Waals surface area contributed by atoms with E-state index < -0.39 is 6.04 Å². The molecule has 1 aromatic heterocycles. The van der Waals surface area contributed by atoms with Gasteiger partial charge in [-0.3, -0.25) is 14.9 Å². The Labute approximate surface area is 103 Å². The van der Waals surface area contributed by atoms with Crippen LogP contribution in [0.3, 0.4) is 0 Å². The van der Waals surface area contributed by atoms with Crippen molar-refractivity contribution < 1.29 is 9.59 Å². The molecule has 1 aliphatic heterocycles. The van der Waals surface area contributed by atoms with Gasteiger partial charge >= 0.3 is 0 Å². The number of rotatable bonds is 2. The standard InChI is InChI=1S/C10H11ClN4O2/c11-6-1-2-8(13-3-6)15-10(17)7-4-14-9(16)5-12-7/h1-3,7,12H,4-5H2,(H,14,16)(H,13,15,17). The van der Waals surface area contributed by atoms with Crippen molar-refractivity contribution in [1.82, 2.24) is 15.6 Å². The topological polar surface area (TPSA) is 83.1 Å². The summed E-state index contributed by atoms with van der Waals surface area (Å²) in [7, 11) is 0. The first-order valence-corrected chi connectivity index (χ1v) is 5.45. The number of carbonyl (C=O) groups is 2. The van der Waals surface area contributed by atoms with Crippen LogP contribution in [0.5, 0.6) is 0 Å². The van der Waals surface area contributed by atoms with Crippen molar-refractivity contribution in [3.8, 4) is 0 Å². The number of pyridine rings is 1. The van der Waals surface area contributed by atoms with Gasteiger partial charge in [0.25, 0.3) is 0 Å². The molecular weight excluding hydrogens is 244 g/mol. The lowest BCUT2D eigenvalue weighted by atomic mass is 10.2. The molecule has 1 fully saturated rings. The van der Waals surface area contributed by atoms with E-state index in [0.29, 0.717) is 10.8 Å². The summed E-state index contributed by atoms with van der Waals surface area (Å²) in [5.41, 5.74) is 0. The zero-order chi connectivity index (χ0) is 12.3. The summed E-state index contributed by atoms with van der Waals surface area (Å²) in [6.45, 7) is 0.421. The molecule has 0 spiro atoms. The second-order valence-electron chi connectivity index (χ2n) is 3.59. The van der Waals surface area contributed by atoms with E-state index in [2.05, 4.69) is 20.9 Å². The monoisotopic (exact) mass is 254 g/mol. The SMILES string of the molecule is O=C1CNC(C(=O)Nc2ccc(Cl)cn2)CN1. The predicted molar refractivity (Wildman–Crippen MR) is 62.7 cm³/mol. The van der Waals surface area contributed by atoms with Crippen LogP contribution < -0.4 is 16.0 Å². The van der Waals surface area contributed by atoms with Crippen molar-refractivity contribution in [2.45, 2.75) is 6.04 Å². The minimum absolute atomic E-state index is 0.112. The Hall–Kier alpha value is -1.66. The Morgan fingerprint density at radius 3 is 2.94 bits per heavy atom. The van der Waals surface area contributed by atoms with Crippen molar-refractivity contribution in [3.63, 3.8) is 0 Å². The second kappa shape index (κ2) is 5.11. The number of piperazine rings is 1. The van der Waals surface area contributed by atoms with Gasteiger partial charge in [0.05, 0.1) is 11.6 Å². The number of halogens is 1. The van der Waals surface area contributed by atoms with Gasteiger partial charge in [-0.2, -0.15) is 0 Å². The first-order chi connectivity index (χ1) is 8.15. The molecule has 0 radical (unpaired) electrons. The molecule has 2 amide bonds. The molecule has 17 heavy (non-hydrogen) atoms. The van der Waals surface area contributed by atoms with Gasteiger partial charge < -0.3 is 10.6 Å². The molecule has 7 heteroatoms. The summed E-state index contributed by atoms with van der Waals surface area (Å²) in [6, 6.07) is 2.81. The predicted octanol–water partition coefficient (Wildman–Crippen LogP) is -0.239. The molecule has 90 valence electrons. The third-order valence-corrected chi connectivity index (χ3v) is 2.53. The lowest BCUT2D eigenvalue weighted by Gasteiger charge is -2.22. The van der Waals surface area contributed by atoms with Gasteiger partial charge in [0.2, 0.25) is 11.8 Å². The Bertz CT molecular complexity index is 424. The number of carbonyl (C=O) groups excluding carboxylic acids is 2. The van der Waals surface area contributed by atoms with Crippen LogP contribution in [-0.4, -0.2) is 35.9 Å². The molecule has 2 rings (SSSR count). The van der Waals surface area contributed by atoms with Crippen LogP contribution in [0.4, 0.5) is 5.82 Å². The van der Waals surface area contributed by atoms with Crippen molar-refractivity contribution in [1.29, 1.82) is 0 Å². The number of amides is 2. The zero-order valence-corrected chi connectivity index (χ0v) is 9.62. The number of hydrogen-bond acceptors (Lipinski definition) is 4. The zero-order valence-electron chi connectivity index (χ0n) is 8.87. The van der Waals surface area contributed by atoms with E-state index in [0.717, 1.165) is 0 Å². The smallest absolute Gasteiger partial charge is 0.244 e. The molecule has 1 saturated heterocycles. The van der Waals surface area contributed by atoms with Crippen LogP contribution in [0.25, 0.3) is 0 Å². The quantitative estimate of drug-likeness (QED) is 0.680. The van der Waals surface area contributed by atoms with Gasteiger partial charge in [0.15, 0.2) is 0 Å². The highest BCUT2D eigenvalue weighted by molar-refractivity contribution is 6.30. The number of anilines is 1. The van der Waals surface area contributed by atoms with Crippen molar-refractivity contribution in [2.24, 2.45) is 0 Å². The molecule has 1 aromatic rings. The molecule has 0 saturated carbocycles. The Morgan fingerprint density at radius 1 is 1.53 bits per heavy atom. The minimum atomic E-state index is -0.440. The van der Waals surface area contributed by atoms with Gasteiger partial charge in [0.1, 0.15) is 11.9 Å². The molecule has 6 nitrogen and oxygen atoms in total. The Kier molecular flexibility index (Phi) is 3.55. The average Bonchev–Trinajstić information content (AvgIpc) is 2.33. The van der Waals surface area contributed by atoms with Crippen LogP contribution in [-0.2, 0) is 9.59 Å². The maximum atomic E-state index is 11.8. The van der Waals surface area contributed by atoms with Crippen molar-refractivity contribution in [2.75, 3.05) is 18.4 Å². The summed E-state index contributed by atoms with van der Waals surface area (Å²) in [5.74, 6) is 0.0802. The minimum Gasteiger partial charge on any atom is -0.353 e. The van der Waals surface area contributed by atoms with Crippen LogP contribution in [0.1, 0.15) is 0 Å². The highest BCUT2D eigenvalue weighted by atomic mass is 35.5. The fraction of sp³-hybridized carbons (Fsp3) is 0.300. The molecule has 1 aliphatic rings. The van der Waals surface area contributed by atoms with Crippen LogP contribution in [0, 0.1) is 0 Å². The maximum Gasteiger partial charge on any atom is 0.244 e. The molecular formula is C10H11ClN4O2. The van der Waals surface area contributed by atoms with E-state index in [1.165, 1.54) is 6.20 Å². The lowest BCUT2D eigenvalue weighted by molar-refractivity contribution is -0.124. The molecule has 0 aliphatic carbocycles. The number of nitrogens with zero attached hydrogens (tertiary/aromatic N) is 1. The fourth-order valence-electron chi connectivity index (χ4n) is 1.41. The van der Waals surface area contributed by atoms with Gasteiger partial charge in [-0.15, -0.1) is 0 Å². The lowest BCUT2D eigenvalue weighted by Crippen LogP contribution is -2.56. The molecule has 3 N–H and O–H groups in total. The van der Waals surface area contributed by atoms with E-state index >= 15 is 0 Å². The summed E-state index contributed by atoms with van der Waals surface area (Å²) in [6.07, 6.45) is 1.45. The maximum absolute atomic E-state index is 11.8. The molecule has 1 atom stereocenters. The Morgan fingerprint density at radius 2 is 2.35 bits per heavy atom. The van der Waals surface area contributed by atoms with E-state index in [1.54, 1.807) is 12.1 Å². The van der Waals surface area contributed by atoms with Crippen molar-refractivity contribution >= 4 is 29.2 Å². The molecule has 2 heterocycles. The van der Waals surface area contributed by atoms with E-state index in [4.69, 9.17) is 11.6 Å². The summed E-state index contributed by atoms with van der Waals surface area (Å²) >= 11 is 5.68. The average molecular weight is 255 g/mol. The number of aromatic nitrogens is 1.